The summed E-state index contributed by atoms with van der Waals surface area (Å²) < 4.78 is 23.2. The molecule has 7 heteroatoms. The second-order valence-corrected chi connectivity index (χ2v) is 5.78. The molecule has 2 aromatic heterocycles. The van der Waals surface area contributed by atoms with E-state index in [2.05, 4.69) is 10.1 Å². The Morgan fingerprint density at radius 2 is 2.22 bits per heavy atom. The Kier molecular flexibility index (Phi) is 4.47. The molecule has 0 amide bonds. The molecular formula is C16H13FN2O3S. The Labute approximate surface area is 135 Å². The number of hydrogen-bond acceptors (Lipinski definition) is 6. The number of carbonyl (C=O) groups is 1. The molecule has 0 N–H and O–H groups in total. The lowest BCUT2D eigenvalue weighted by Crippen LogP contribution is -2.08. The van der Waals surface area contributed by atoms with Crippen molar-refractivity contribution in [2.24, 2.45) is 0 Å². The fourth-order valence-electron chi connectivity index (χ4n) is 1.98. The molecule has 2 heterocycles. The highest BCUT2D eigenvalue weighted by Crippen LogP contribution is 2.24. The van der Waals surface area contributed by atoms with Crippen molar-refractivity contribution in [3.8, 4) is 10.6 Å². The summed E-state index contributed by atoms with van der Waals surface area (Å²) in [7, 11) is 0. The third-order valence-corrected chi connectivity index (χ3v) is 3.95. The van der Waals surface area contributed by atoms with Crippen LogP contribution in [-0.2, 0) is 22.6 Å². The van der Waals surface area contributed by atoms with E-state index in [1.165, 1.54) is 23.5 Å². The first kappa shape index (κ1) is 15.4. The predicted molar refractivity (Wildman–Crippen MR) is 82.2 cm³/mol. The highest BCUT2D eigenvalue weighted by Gasteiger charge is 2.11. The van der Waals surface area contributed by atoms with Gasteiger partial charge in [-0.15, -0.1) is 11.3 Å². The molecular weight excluding hydrogens is 319 g/mol. The number of rotatable bonds is 5. The zero-order valence-electron chi connectivity index (χ0n) is 12.3. The number of esters is 1. The number of nitrogens with zero attached hydrogens (tertiary/aromatic N) is 2. The number of aromatic nitrogens is 2. The van der Waals surface area contributed by atoms with Crippen LogP contribution in [0.15, 0.2) is 40.2 Å². The molecule has 0 saturated heterocycles. The zero-order valence-corrected chi connectivity index (χ0v) is 13.1. The van der Waals surface area contributed by atoms with Crippen molar-refractivity contribution in [2.75, 3.05) is 0 Å². The van der Waals surface area contributed by atoms with Crippen molar-refractivity contribution in [3.63, 3.8) is 0 Å². The summed E-state index contributed by atoms with van der Waals surface area (Å²) in [6, 6.07) is 7.89. The first-order chi connectivity index (χ1) is 11.1. The van der Waals surface area contributed by atoms with Crippen molar-refractivity contribution in [1.82, 2.24) is 10.1 Å². The number of carbonyl (C=O) groups excluding carboxylic acids is 1. The molecule has 0 atom stereocenters. The number of thiazole rings is 1. The number of halogens is 1. The van der Waals surface area contributed by atoms with Crippen LogP contribution >= 0.6 is 11.3 Å². The molecule has 23 heavy (non-hydrogen) atoms. The summed E-state index contributed by atoms with van der Waals surface area (Å²) in [6.07, 6.45) is 0.0582. The minimum Gasteiger partial charge on any atom is -0.459 e. The van der Waals surface area contributed by atoms with E-state index in [4.69, 9.17) is 9.26 Å². The number of aryl methyl sites for hydroxylation is 1. The van der Waals surface area contributed by atoms with Gasteiger partial charge in [-0.3, -0.25) is 4.79 Å². The Hall–Kier alpha value is -2.54. The predicted octanol–water partition coefficient (Wildman–Crippen LogP) is 3.53. The van der Waals surface area contributed by atoms with Gasteiger partial charge in [-0.25, -0.2) is 9.37 Å². The minimum atomic E-state index is -0.401. The Morgan fingerprint density at radius 3 is 2.96 bits per heavy atom. The fourth-order valence-corrected chi connectivity index (χ4v) is 2.80. The van der Waals surface area contributed by atoms with E-state index in [1.807, 2.05) is 0 Å². The molecule has 1 aromatic carbocycles. The molecule has 0 aliphatic heterocycles. The average molecular weight is 332 g/mol. The van der Waals surface area contributed by atoms with Crippen molar-refractivity contribution < 1.29 is 18.4 Å². The van der Waals surface area contributed by atoms with Gasteiger partial charge in [-0.1, -0.05) is 17.3 Å². The molecule has 3 rings (SSSR count). The maximum Gasteiger partial charge on any atom is 0.312 e. The van der Waals surface area contributed by atoms with E-state index in [-0.39, 0.29) is 18.8 Å². The molecule has 0 unspecified atom stereocenters. The van der Waals surface area contributed by atoms with Crippen LogP contribution in [0.25, 0.3) is 10.6 Å². The van der Waals surface area contributed by atoms with E-state index >= 15 is 0 Å². The second-order valence-electron chi connectivity index (χ2n) is 4.92. The van der Waals surface area contributed by atoms with Gasteiger partial charge in [0, 0.05) is 17.0 Å². The summed E-state index contributed by atoms with van der Waals surface area (Å²) in [5.74, 6) is -0.0569. The van der Waals surface area contributed by atoms with Crippen molar-refractivity contribution in [1.29, 1.82) is 0 Å². The van der Waals surface area contributed by atoms with Gasteiger partial charge in [0.05, 0.1) is 12.1 Å². The topological polar surface area (TPSA) is 65.2 Å². The molecule has 0 radical (unpaired) electrons. The molecule has 5 nitrogen and oxygen atoms in total. The van der Waals surface area contributed by atoms with Crippen LogP contribution in [0.4, 0.5) is 4.39 Å². The fraction of sp³-hybridized carbons (Fsp3) is 0.188. The van der Waals surface area contributed by atoms with Gasteiger partial charge < -0.3 is 9.26 Å². The van der Waals surface area contributed by atoms with E-state index in [9.17, 15) is 9.18 Å². The average Bonchev–Trinajstić information content (AvgIpc) is 3.14. The van der Waals surface area contributed by atoms with Gasteiger partial charge in [0.2, 0.25) is 0 Å². The third kappa shape index (κ3) is 4.01. The standard InChI is InChI=1S/C16H13FN2O3S/c1-10-5-13(19-22-10)8-21-15(20)7-14-9-23-16(18-14)11-3-2-4-12(17)6-11/h2-6,9H,7-8H2,1H3. The van der Waals surface area contributed by atoms with Crippen molar-refractivity contribution >= 4 is 17.3 Å². The first-order valence-electron chi connectivity index (χ1n) is 6.88. The van der Waals surface area contributed by atoms with Gasteiger partial charge in [-0.2, -0.15) is 0 Å². The highest BCUT2D eigenvalue weighted by molar-refractivity contribution is 7.13. The minimum absolute atomic E-state index is 0.0582. The summed E-state index contributed by atoms with van der Waals surface area (Å²) in [4.78, 5) is 16.2. The van der Waals surface area contributed by atoms with E-state index in [0.717, 1.165) is 0 Å². The lowest BCUT2D eigenvalue weighted by Gasteiger charge is -2.00. The molecule has 0 aliphatic rings. The van der Waals surface area contributed by atoms with Crippen LogP contribution in [0.3, 0.4) is 0 Å². The monoisotopic (exact) mass is 332 g/mol. The maximum absolute atomic E-state index is 13.2. The van der Waals surface area contributed by atoms with Crippen LogP contribution in [0, 0.1) is 12.7 Å². The summed E-state index contributed by atoms with van der Waals surface area (Å²) in [5.41, 5.74) is 1.85. The quantitative estimate of drug-likeness (QED) is 0.669. The van der Waals surface area contributed by atoms with Crippen LogP contribution in [0.5, 0.6) is 0 Å². The summed E-state index contributed by atoms with van der Waals surface area (Å²) in [5, 5.41) is 6.18. The van der Waals surface area contributed by atoms with Gasteiger partial charge >= 0.3 is 5.97 Å². The van der Waals surface area contributed by atoms with Crippen molar-refractivity contribution in [2.45, 2.75) is 20.0 Å². The van der Waals surface area contributed by atoms with Crippen LogP contribution < -0.4 is 0 Å². The molecule has 0 bridgehead atoms. The van der Waals surface area contributed by atoms with Gasteiger partial charge in [0.15, 0.2) is 0 Å². The SMILES string of the molecule is Cc1cc(COC(=O)Cc2csc(-c3cccc(F)c3)n2)no1. The van der Waals surface area contributed by atoms with E-state index in [0.29, 0.717) is 27.7 Å². The Morgan fingerprint density at radius 1 is 1.35 bits per heavy atom. The smallest absolute Gasteiger partial charge is 0.312 e. The number of hydrogen-bond donors (Lipinski definition) is 0. The van der Waals surface area contributed by atoms with Gasteiger partial charge in [0.25, 0.3) is 0 Å². The van der Waals surface area contributed by atoms with Crippen molar-refractivity contribution in [3.05, 3.63) is 58.7 Å². The molecule has 3 aromatic rings. The second kappa shape index (κ2) is 6.70. The highest BCUT2D eigenvalue weighted by atomic mass is 32.1. The Bertz CT molecular complexity index is 828. The van der Waals surface area contributed by atoms with Crippen LogP contribution in [0.2, 0.25) is 0 Å². The van der Waals surface area contributed by atoms with Crippen LogP contribution in [-0.4, -0.2) is 16.1 Å². The number of benzene rings is 1. The molecule has 118 valence electrons. The van der Waals surface area contributed by atoms with E-state index in [1.54, 1.807) is 30.5 Å². The lowest BCUT2D eigenvalue weighted by molar-refractivity contribution is -0.144. The largest absolute Gasteiger partial charge is 0.459 e. The summed E-state index contributed by atoms with van der Waals surface area (Å²) in [6.45, 7) is 1.83. The zero-order chi connectivity index (χ0) is 16.2. The normalized spacial score (nSPS) is 10.7. The third-order valence-electron chi connectivity index (χ3n) is 3.01. The Balaban J connectivity index is 1.59. The van der Waals surface area contributed by atoms with Gasteiger partial charge in [0.1, 0.15) is 28.9 Å². The molecule has 0 saturated carbocycles. The lowest BCUT2D eigenvalue weighted by atomic mass is 10.2. The first-order valence-corrected chi connectivity index (χ1v) is 7.76. The van der Waals surface area contributed by atoms with E-state index < -0.39 is 5.97 Å². The summed E-state index contributed by atoms with van der Waals surface area (Å²) >= 11 is 1.36. The number of ether oxygens (including phenoxy) is 1. The maximum atomic E-state index is 13.2. The molecule has 0 aliphatic carbocycles. The van der Waals surface area contributed by atoms with Gasteiger partial charge in [-0.05, 0) is 19.1 Å². The molecule has 0 fully saturated rings. The van der Waals surface area contributed by atoms with Crippen LogP contribution in [0.1, 0.15) is 17.1 Å². The molecule has 0 spiro atoms.